The van der Waals surface area contributed by atoms with Gasteiger partial charge < -0.3 is 9.73 Å². The molecule has 0 saturated carbocycles. The summed E-state index contributed by atoms with van der Waals surface area (Å²) in [5, 5.41) is 3.93. The fraction of sp³-hybridized carbons (Fsp3) is 0.0500. The molecular weight excluding hydrogens is 314 g/mol. The Morgan fingerprint density at radius 1 is 1.00 bits per heavy atom. The van der Waals surface area contributed by atoms with Crippen LogP contribution >= 0.6 is 0 Å². The molecule has 3 aromatic heterocycles. The highest BCUT2D eigenvalue weighted by Gasteiger charge is 2.22. The molecule has 0 fully saturated rings. The number of carbonyl (C=O) groups is 1. The van der Waals surface area contributed by atoms with Gasteiger partial charge in [-0.15, -0.1) is 0 Å². The first-order chi connectivity index (χ1) is 12.3. The van der Waals surface area contributed by atoms with Gasteiger partial charge in [0.05, 0.1) is 18.0 Å². The van der Waals surface area contributed by atoms with Gasteiger partial charge in [0.25, 0.3) is 5.91 Å². The third kappa shape index (κ3) is 2.99. The molecule has 4 rings (SSSR count). The van der Waals surface area contributed by atoms with Crippen LogP contribution in [0.4, 0.5) is 0 Å². The first-order valence-electron chi connectivity index (χ1n) is 7.91. The largest absolute Gasteiger partial charge is 0.464 e. The number of hydrogen-bond acceptors (Lipinski definition) is 4. The van der Waals surface area contributed by atoms with Gasteiger partial charge in [0.1, 0.15) is 5.58 Å². The van der Waals surface area contributed by atoms with Crippen LogP contribution in [0.2, 0.25) is 0 Å². The first kappa shape index (κ1) is 15.1. The maximum atomic E-state index is 12.7. The number of amides is 1. The van der Waals surface area contributed by atoms with Crippen LogP contribution in [0.3, 0.4) is 0 Å². The normalized spacial score (nSPS) is 12.0. The van der Waals surface area contributed by atoms with Gasteiger partial charge in [-0.25, -0.2) is 0 Å². The molecule has 0 aliphatic heterocycles. The Balaban J connectivity index is 1.78. The van der Waals surface area contributed by atoms with Gasteiger partial charge in [0.2, 0.25) is 0 Å². The van der Waals surface area contributed by atoms with Gasteiger partial charge in [-0.3, -0.25) is 14.8 Å². The number of hydrogen-bond donors (Lipinski definition) is 1. The number of fused-ring (bicyclic) bond motifs is 1. The summed E-state index contributed by atoms with van der Waals surface area (Å²) >= 11 is 0. The van der Waals surface area contributed by atoms with Crippen LogP contribution < -0.4 is 5.32 Å². The second kappa shape index (κ2) is 6.57. The summed E-state index contributed by atoms with van der Waals surface area (Å²) in [4.78, 5) is 21.4. The van der Waals surface area contributed by atoms with Crippen molar-refractivity contribution in [2.24, 2.45) is 0 Å². The maximum Gasteiger partial charge on any atom is 0.252 e. The predicted molar refractivity (Wildman–Crippen MR) is 94.0 cm³/mol. The van der Waals surface area contributed by atoms with Crippen molar-refractivity contribution in [1.29, 1.82) is 0 Å². The van der Waals surface area contributed by atoms with E-state index >= 15 is 0 Å². The molecule has 1 atom stereocenters. The predicted octanol–water partition coefficient (Wildman–Crippen LogP) is 3.74. The smallest absolute Gasteiger partial charge is 0.252 e. The van der Waals surface area contributed by atoms with Crippen molar-refractivity contribution >= 4 is 16.9 Å². The second-order valence-corrected chi connectivity index (χ2v) is 5.59. The summed E-state index contributed by atoms with van der Waals surface area (Å²) in [5.41, 5.74) is 2.90. The van der Waals surface area contributed by atoms with E-state index in [0.29, 0.717) is 5.56 Å². The molecule has 5 heteroatoms. The molecule has 0 aliphatic carbocycles. The highest BCUT2D eigenvalue weighted by molar-refractivity contribution is 5.95. The van der Waals surface area contributed by atoms with E-state index in [0.717, 1.165) is 22.2 Å². The van der Waals surface area contributed by atoms with E-state index in [-0.39, 0.29) is 5.91 Å². The number of furan rings is 1. The minimum absolute atomic E-state index is 0.170. The van der Waals surface area contributed by atoms with E-state index in [1.165, 1.54) is 0 Å². The molecular formula is C20H15N3O2. The lowest BCUT2D eigenvalue weighted by molar-refractivity contribution is 0.0942. The molecule has 122 valence electrons. The monoisotopic (exact) mass is 329 g/mol. The molecule has 3 heterocycles. The average molecular weight is 329 g/mol. The van der Waals surface area contributed by atoms with E-state index in [9.17, 15) is 4.79 Å². The van der Waals surface area contributed by atoms with Gasteiger partial charge in [0.15, 0.2) is 0 Å². The van der Waals surface area contributed by atoms with Gasteiger partial charge >= 0.3 is 0 Å². The van der Waals surface area contributed by atoms with Crippen molar-refractivity contribution in [1.82, 2.24) is 15.3 Å². The third-order valence-electron chi connectivity index (χ3n) is 4.01. The van der Waals surface area contributed by atoms with Gasteiger partial charge in [-0.2, -0.15) is 0 Å². The quantitative estimate of drug-likeness (QED) is 0.619. The zero-order valence-electron chi connectivity index (χ0n) is 13.3. The number of pyridine rings is 2. The van der Waals surface area contributed by atoms with Crippen LogP contribution in [0.25, 0.3) is 11.0 Å². The number of nitrogens with zero attached hydrogens (tertiary/aromatic N) is 2. The Labute approximate surface area is 144 Å². The van der Waals surface area contributed by atoms with E-state index in [2.05, 4.69) is 15.3 Å². The number of rotatable bonds is 4. The second-order valence-electron chi connectivity index (χ2n) is 5.59. The standard InChI is InChI=1S/C20H15N3O2/c24-20(14-5-2-1-3-6-14)23-18(15-7-4-10-21-13-15)19-16-9-12-25-17(16)8-11-22-19/h1-13,18H,(H,23,24). The summed E-state index contributed by atoms with van der Waals surface area (Å²) in [6, 6.07) is 16.1. The van der Waals surface area contributed by atoms with E-state index in [4.69, 9.17) is 4.42 Å². The Morgan fingerprint density at radius 3 is 2.68 bits per heavy atom. The van der Waals surface area contributed by atoms with Crippen molar-refractivity contribution in [2.75, 3.05) is 0 Å². The van der Waals surface area contributed by atoms with Crippen molar-refractivity contribution in [3.63, 3.8) is 0 Å². The molecule has 5 nitrogen and oxygen atoms in total. The lowest BCUT2D eigenvalue weighted by Crippen LogP contribution is -2.30. The molecule has 4 aromatic rings. The molecule has 0 spiro atoms. The minimum Gasteiger partial charge on any atom is -0.464 e. The van der Waals surface area contributed by atoms with Crippen LogP contribution in [-0.2, 0) is 0 Å². The van der Waals surface area contributed by atoms with Crippen molar-refractivity contribution in [3.8, 4) is 0 Å². The fourth-order valence-corrected chi connectivity index (χ4v) is 2.81. The van der Waals surface area contributed by atoms with Gasteiger partial charge in [-0.1, -0.05) is 24.3 Å². The highest BCUT2D eigenvalue weighted by atomic mass is 16.3. The van der Waals surface area contributed by atoms with Crippen molar-refractivity contribution in [3.05, 3.63) is 96.3 Å². The van der Waals surface area contributed by atoms with Crippen LogP contribution in [0.15, 0.2) is 83.9 Å². The molecule has 1 N–H and O–H groups in total. The van der Waals surface area contributed by atoms with Crippen LogP contribution in [0.5, 0.6) is 0 Å². The zero-order valence-corrected chi connectivity index (χ0v) is 13.3. The summed E-state index contributed by atoms with van der Waals surface area (Å²) in [6.07, 6.45) is 6.73. The summed E-state index contributed by atoms with van der Waals surface area (Å²) in [5.74, 6) is -0.170. The topological polar surface area (TPSA) is 68.0 Å². The summed E-state index contributed by atoms with van der Waals surface area (Å²) in [7, 11) is 0. The molecule has 0 saturated heterocycles. The Hall–Kier alpha value is -3.47. The number of aromatic nitrogens is 2. The fourth-order valence-electron chi connectivity index (χ4n) is 2.81. The van der Waals surface area contributed by atoms with E-state index in [1.807, 2.05) is 36.4 Å². The molecule has 1 aromatic carbocycles. The highest BCUT2D eigenvalue weighted by Crippen LogP contribution is 2.27. The Morgan fingerprint density at radius 2 is 1.88 bits per heavy atom. The summed E-state index contributed by atoms with van der Waals surface area (Å²) < 4.78 is 5.47. The average Bonchev–Trinajstić information content (AvgIpc) is 3.16. The number of benzene rings is 1. The lowest BCUT2D eigenvalue weighted by atomic mass is 10.0. The van der Waals surface area contributed by atoms with Crippen LogP contribution in [0.1, 0.15) is 27.7 Å². The van der Waals surface area contributed by atoms with E-state index < -0.39 is 6.04 Å². The molecule has 25 heavy (non-hydrogen) atoms. The molecule has 0 radical (unpaired) electrons. The summed E-state index contributed by atoms with van der Waals surface area (Å²) in [6.45, 7) is 0. The minimum atomic E-state index is -0.428. The van der Waals surface area contributed by atoms with E-state index in [1.54, 1.807) is 43.1 Å². The number of carbonyl (C=O) groups excluding carboxylic acids is 1. The molecule has 0 bridgehead atoms. The lowest BCUT2D eigenvalue weighted by Gasteiger charge is -2.19. The Bertz CT molecular complexity index is 997. The van der Waals surface area contributed by atoms with Crippen molar-refractivity contribution in [2.45, 2.75) is 6.04 Å². The van der Waals surface area contributed by atoms with Gasteiger partial charge in [-0.05, 0) is 35.9 Å². The number of nitrogens with one attached hydrogen (secondary N) is 1. The molecule has 1 amide bonds. The Kier molecular flexibility index (Phi) is 3.96. The third-order valence-corrected chi connectivity index (χ3v) is 4.01. The van der Waals surface area contributed by atoms with Crippen molar-refractivity contribution < 1.29 is 9.21 Å². The van der Waals surface area contributed by atoms with Gasteiger partial charge in [0, 0.05) is 29.5 Å². The zero-order chi connectivity index (χ0) is 17.1. The van der Waals surface area contributed by atoms with Crippen LogP contribution in [0, 0.1) is 0 Å². The molecule has 1 unspecified atom stereocenters. The maximum absolute atomic E-state index is 12.7. The SMILES string of the molecule is O=C(NC(c1cccnc1)c1nccc2occc12)c1ccccc1. The molecule has 0 aliphatic rings. The first-order valence-corrected chi connectivity index (χ1v) is 7.91. The van der Waals surface area contributed by atoms with Crippen LogP contribution in [-0.4, -0.2) is 15.9 Å².